The number of amides is 1. The molecule has 0 saturated carbocycles. The highest BCUT2D eigenvalue weighted by atomic mass is 32.1. The van der Waals surface area contributed by atoms with Crippen molar-refractivity contribution >= 4 is 23.2 Å². The lowest BCUT2D eigenvalue weighted by Gasteiger charge is -2.14. The van der Waals surface area contributed by atoms with E-state index in [2.05, 4.69) is 0 Å². The molecule has 0 aromatic carbocycles. The van der Waals surface area contributed by atoms with Crippen LogP contribution in [-0.2, 0) is 4.79 Å². The maximum Gasteiger partial charge on any atom is 0.308 e. The molecule has 4 nitrogen and oxygen atoms in total. The number of aliphatic carboxylic acids is 1. The van der Waals surface area contributed by atoms with Crippen LogP contribution in [0.3, 0.4) is 0 Å². The van der Waals surface area contributed by atoms with Crippen LogP contribution in [0.1, 0.15) is 16.8 Å². The molecule has 1 unspecified atom stereocenters. The lowest BCUT2D eigenvalue weighted by molar-refractivity contribution is -0.141. The Morgan fingerprint density at radius 1 is 1.53 bits per heavy atom. The highest BCUT2D eigenvalue weighted by Crippen LogP contribution is 2.19. The number of hydrogen-bond acceptors (Lipinski definition) is 3. The summed E-state index contributed by atoms with van der Waals surface area (Å²) in [6.45, 7) is 0.885. The summed E-state index contributed by atoms with van der Waals surface area (Å²) in [5.41, 5.74) is 0.658. The number of carbonyl (C=O) groups excluding carboxylic acids is 1. The molecule has 1 aromatic heterocycles. The number of nitrogens with zero attached hydrogens (tertiary/aromatic N) is 1. The van der Waals surface area contributed by atoms with Crippen molar-refractivity contribution in [2.75, 3.05) is 13.1 Å². The standard InChI is InChI=1S/C10H11NO3S/c12-9(8-2-4-15-6-8)11-3-1-7(5-11)10(13)14/h2,4,6-7H,1,3,5H2,(H,13,14). The zero-order valence-electron chi connectivity index (χ0n) is 8.05. The molecule has 0 radical (unpaired) electrons. The molecular formula is C10H11NO3S. The molecule has 80 valence electrons. The molecule has 1 aromatic rings. The van der Waals surface area contributed by atoms with Gasteiger partial charge < -0.3 is 10.0 Å². The van der Waals surface area contributed by atoms with E-state index in [1.165, 1.54) is 11.3 Å². The summed E-state index contributed by atoms with van der Waals surface area (Å²) in [6, 6.07) is 1.76. The number of thiophene rings is 1. The van der Waals surface area contributed by atoms with Crippen molar-refractivity contribution in [2.45, 2.75) is 6.42 Å². The van der Waals surface area contributed by atoms with Crippen LogP contribution in [0.4, 0.5) is 0 Å². The van der Waals surface area contributed by atoms with E-state index in [0.29, 0.717) is 25.1 Å². The summed E-state index contributed by atoms with van der Waals surface area (Å²) in [7, 11) is 0. The number of carboxylic acid groups (broad SMARTS) is 1. The Bertz CT molecular complexity index is 374. The predicted molar refractivity (Wildman–Crippen MR) is 56.0 cm³/mol. The second-order valence-corrected chi connectivity index (χ2v) is 4.37. The fraction of sp³-hybridized carbons (Fsp3) is 0.400. The van der Waals surface area contributed by atoms with Crippen molar-refractivity contribution in [1.29, 1.82) is 0 Å². The lowest BCUT2D eigenvalue weighted by atomic mass is 10.1. The van der Waals surface area contributed by atoms with Gasteiger partial charge in [0.25, 0.3) is 5.91 Å². The van der Waals surface area contributed by atoms with E-state index in [1.807, 2.05) is 5.38 Å². The number of carbonyl (C=O) groups is 2. The molecule has 1 atom stereocenters. The zero-order chi connectivity index (χ0) is 10.8. The molecule has 1 amide bonds. The summed E-state index contributed by atoms with van der Waals surface area (Å²) >= 11 is 1.47. The van der Waals surface area contributed by atoms with E-state index in [9.17, 15) is 9.59 Å². The molecule has 15 heavy (non-hydrogen) atoms. The Morgan fingerprint density at radius 2 is 2.33 bits per heavy atom. The molecule has 5 heteroatoms. The molecule has 0 spiro atoms. The second kappa shape index (κ2) is 4.02. The highest BCUT2D eigenvalue weighted by Gasteiger charge is 2.31. The van der Waals surface area contributed by atoms with E-state index < -0.39 is 11.9 Å². The van der Waals surface area contributed by atoms with Crippen molar-refractivity contribution in [3.8, 4) is 0 Å². The smallest absolute Gasteiger partial charge is 0.308 e. The summed E-state index contributed by atoms with van der Waals surface area (Å²) in [5.74, 6) is -1.26. The minimum atomic E-state index is -0.810. The Morgan fingerprint density at radius 3 is 2.87 bits per heavy atom. The summed E-state index contributed by atoms with van der Waals surface area (Å²) < 4.78 is 0. The molecule has 1 aliphatic heterocycles. The van der Waals surface area contributed by atoms with Crippen LogP contribution < -0.4 is 0 Å². The summed E-state index contributed by atoms with van der Waals surface area (Å²) in [6.07, 6.45) is 0.561. The second-order valence-electron chi connectivity index (χ2n) is 3.59. The topological polar surface area (TPSA) is 57.6 Å². The summed E-state index contributed by atoms with van der Waals surface area (Å²) in [4.78, 5) is 24.1. The number of hydrogen-bond donors (Lipinski definition) is 1. The third-order valence-corrected chi connectivity index (χ3v) is 3.28. The normalized spacial score (nSPS) is 20.5. The number of likely N-dealkylation sites (tertiary alicyclic amines) is 1. The van der Waals surface area contributed by atoms with Crippen molar-refractivity contribution < 1.29 is 14.7 Å². The van der Waals surface area contributed by atoms with Gasteiger partial charge in [0.05, 0.1) is 11.5 Å². The Hall–Kier alpha value is -1.36. The van der Waals surface area contributed by atoms with E-state index in [-0.39, 0.29) is 5.91 Å². The van der Waals surface area contributed by atoms with Crippen LogP contribution in [0.15, 0.2) is 16.8 Å². The fourth-order valence-corrected chi connectivity index (χ4v) is 2.34. The molecule has 0 aliphatic carbocycles. The molecule has 0 bridgehead atoms. The van der Waals surface area contributed by atoms with E-state index in [4.69, 9.17) is 5.11 Å². The van der Waals surface area contributed by atoms with Gasteiger partial charge in [-0.3, -0.25) is 9.59 Å². The maximum absolute atomic E-state index is 11.8. The van der Waals surface area contributed by atoms with Crippen LogP contribution in [0.25, 0.3) is 0 Å². The number of rotatable bonds is 2. The Balaban J connectivity index is 2.02. The monoisotopic (exact) mass is 225 g/mol. The van der Waals surface area contributed by atoms with Gasteiger partial charge in [-0.25, -0.2) is 0 Å². The van der Waals surface area contributed by atoms with Crippen LogP contribution in [0, 0.1) is 5.92 Å². The zero-order valence-corrected chi connectivity index (χ0v) is 8.87. The molecule has 1 saturated heterocycles. The van der Waals surface area contributed by atoms with Gasteiger partial charge in [0.1, 0.15) is 0 Å². The molecule has 1 fully saturated rings. The van der Waals surface area contributed by atoms with Gasteiger partial charge in [-0.15, -0.1) is 0 Å². The predicted octanol–water partition coefficient (Wildman–Crippen LogP) is 1.29. The van der Waals surface area contributed by atoms with Crippen molar-refractivity contribution in [1.82, 2.24) is 4.90 Å². The van der Waals surface area contributed by atoms with Gasteiger partial charge in [-0.05, 0) is 17.9 Å². The molecule has 1 aliphatic rings. The maximum atomic E-state index is 11.8. The quantitative estimate of drug-likeness (QED) is 0.825. The Kier molecular flexibility index (Phi) is 2.73. The Labute approximate surface area is 91.1 Å². The van der Waals surface area contributed by atoms with Crippen LogP contribution in [-0.4, -0.2) is 35.0 Å². The first-order valence-electron chi connectivity index (χ1n) is 4.73. The van der Waals surface area contributed by atoms with E-state index >= 15 is 0 Å². The van der Waals surface area contributed by atoms with E-state index in [1.54, 1.807) is 16.3 Å². The highest BCUT2D eigenvalue weighted by molar-refractivity contribution is 7.08. The molecular weight excluding hydrogens is 214 g/mol. The first kappa shape index (κ1) is 10.2. The average molecular weight is 225 g/mol. The third-order valence-electron chi connectivity index (χ3n) is 2.59. The molecule has 2 heterocycles. The van der Waals surface area contributed by atoms with E-state index in [0.717, 1.165) is 0 Å². The largest absolute Gasteiger partial charge is 0.481 e. The third kappa shape index (κ3) is 2.02. The molecule has 2 rings (SSSR count). The van der Waals surface area contributed by atoms with Crippen LogP contribution >= 0.6 is 11.3 Å². The van der Waals surface area contributed by atoms with Crippen molar-refractivity contribution in [3.63, 3.8) is 0 Å². The van der Waals surface area contributed by atoms with Crippen molar-refractivity contribution in [3.05, 3.63) is 22.4 Å². The van der Waals surface area contributed by atoms with Crippen LogP contribution in [0.5, 0.6) is 0 Å². The van der Waals surface area contributed by atoms with Crippen molar-refractivity contribution in [2.24, 2.45) is 5.92 Å². The first-order valence-corrected chi connectivity index (χ1v) is 5.67. The first-order chi connectivity index (χ1) is 7.18. The minimum absolute atomic E-state index is 0.0556. The SMILES string of the molecule is O=C(O)C1CCN(C(=O)c2ccsc2)C1. The van der Waals surface area contributed by atoms with Gasteiger partial charge in [-0.1, -0.05) is 0 Å². The van der Waals surface area contributed by atoms with Gasteiger partial charge in [0.2, 0.25) is 0 Å². The van der Waals surface area contributed by atoms with Gasteiger partial charge >= 0.3 is 5.97 Å². The molecule has 1 N–H and O–H groups in total. The minimum Gasteiger partial charge on any atom is -0.481 e. The average Bonchev–Trinajstić information content (AvgIpc) is 2.88. The van der Waals surface area contributed by atoms with Gasteiger partial charge in [0.15, 0.2) is 0 Å². The van der Waals surface area contributed by atoms with Gasteiger partial charge in [0, 0.05) is 18.5 Å². The van der Waals surface area contributed by atoms with Crippen LogP contribution in [0.2, 0.25) is 0 Å². The summed E-state index contributed by atoms with van der Waals surface area (Å²) in [5, 5.41) is 12.4. The fourth-order valence-electron chi connectivity index (χ4n) is 1.72. The lowest BCUT2D eigenvalue weighted by Crippen LogP contribution is -2.29. The number of carboxylic acids is 1. The van der Waals surface area contributed by atoms with Gasteiger partial charge in [-0.2, -0.15) is 11.3 Å².